The van der Waals surface area contributed by atoms with E-state index < -0.39 is 5.82 Å². The van der Waals surface area contributed by atoms with Gasteiger partial charge in [-0.05, 0) is 31.0 Å². The van der Waals surface area contributed by atoms with Gasteiger partial charge in [0.1, 0.15) is 5.82 Å². The van der Waals surface area contributed by atoms with Crippen LogP contribution in [-0.2, 0) is 4.79 Å². The minimum atomic E-state index is -0.409. The number of halogens is 2. The molecule has 0 aliphatic heterocycles. The van der Waals surface area contributed by atoms with Crippen molar-refractivity contribution in [2.75, 3.05) is 11.9 Å². The summed E-state index contributed by atoms with van der Waals surface area (Å²) in [4.78, 5) is 11.6. The molecule has 1 aliphatic carbocycles. The first-order valence-electron chi connectivity index (χ1n) is 6.13. The molecule has 1 saturated carbocycles. The van der Waals surface area contributed by atoms with Crippen LogP contribution in [0, 0.1) is 5.82 Å². The van der Waals surface area contributed by atoms with Crippen molar-refractivity contribution in [2.24, 2.45) is 0 Å². The highest BCUT2D eigenvalue weighted by Gasteiger charge is 2.16. The monoisotopic (exact) mass is 270 g/mol. The van der Waals surface area contributed by atoms with E-state index >= 15 is 0 Å². The first kappa shape index (κ1) is 13.1. The second kappa shape index (κ2) is 6.05. The molecule has 98 valence electrons. The largest absolute Gasteiger partial charge is 0.374 e. The summed E-state index contributed by atoms with van der Waals surface area (Å²) in [5, 5.41) is 6.12. The standard InChI is InChI=1S/C13H16ClFN2O/c14-9-5-6-11(15)12(7-9)16-8-13(18)17-10-3-1-2-4-10/h5-7,10,16H,1-4,8H2,(H,17,18). The molecule has 3 nitrogen and oxygen atoms in total. The van der Waals surface area contributed by atoms with Gasteiger partial charge in [0.25, 0.3) is 0 Å². The van der Waals surface area contributed by atoms with Crippen molar-refractivity contribution >= 4 is 23.2 Å². The van der Waals surface area contributed by atoms with E-state index in [2.05, 4.69) is 10.6 Å². The fraction of sp³-hybridized carbons (Fsp3) is 0.462. The molecule has 0 radical (unpaired) electrons. The Hall–Kier alpha value is -1.29. The first-order valence-corrected chi connectivity index (χ1v) is 6.51. The lowest BCUT2D eigenvalue weighted by Gasteiger charge is -2.13. The van der Waals surface area contributed by atoms with Gasteiger partial charge < -0.3 is 10.6 Å². The maximum Gasteiger partial charge on any atom is 0.239 e. The highest BCUT2D eigenvalue weighted by Crippen LogP contribution is 2.19. The van der Waals surface area contributed by atoms with Crippen LogP contribution in [0.5, 0.6) is 0 Å². The maximum absolute atomic E-state index is 13.4. The lowest BCUT2D eigenvalue weighted by Crippen LogP contribution is -2.36. The molecule has 0 saturated heterocycles. The molecule has 0 heterocycles. The normalized spacial score (nSPS) is 15.7. The average molecular weight is 271 g/mol. The lowest BCUT2D eigenvalue weighted by atomic mass is 10.2. The third-order valence-electron chi connectivity index (χ3n) is 3.09. The fourth-order valence-corrected chi connectivity index (χ4v) is 2.33. The highest BCUT2D eigenvalue weighted by molar-refractivity contribution is 6.30. The first-order chi connectivity index (χ1) is 8.65. The van der Waals surface area contributed by atoms with E-state index in [0.717, 1.165) is 12.8 Å². The van der Waals surface area contributed by atoms with E-state index in [0.29, 0.717) is 5.02 Å². The minimum Gasteiger partial charge on any atom is -0.374 e. The van der Waals surface area contributed by atoms with Crippen molar-refractivity contribution in [1.82, 2.24) is 5.32 Å². The molecule has 1 amide bonds. The molecule has 0 aromatic heterocycles. The second-order valence-electron chi connectivity index (χ2n) is 4.53. The topological polar surface area (TPSA) is 41.1 Å². The zero-order chi connectivity index (χ0) is 13.0. The number of nitrogens with one attached hydrogen (secondary N) is 2. The Kier molecular flexibility index (Phi) is 4.42. The van der Waals surface area contributed by atoms with Gasteiger partial charge in [0.2, 0.25) is 5.91 Å². The molecule has 1 aliphatic rings. The van der Waals surface area contributed by atoms with Gasteiger partial charge in [-0.1, -0.05) is 24.4 Å². The van der Waals surface area contributed by atoms with E-state index in [4.69, 9.17) is 11.6 Å². The molecule has 0 spiro atoms. The van der Waals surface area contributed by atoms with Gasteiger partial charge in [-0.25, -0.2) is 4.39 Å². The van der Waals surface area contributed by atoms with Crippen molar-refractivity contribution in [3.8, 4) is 0 Å². The average Bonchev–Trinajstić information content (AvgIpc) is 2.83. The van der Waals surface area contributed by atoms with Gasteiger partial charge in [0, 0.05) is 11.1 Å². The van der Waals surface area contributed by atoms with Gasteiger partial charge in [-0.15, -0.1) is 0 Å². The van der Waals surface area contributed by atoms with E-state index in [-0.39, 0.29) is 24.2 Å². The summed E-state index contributed by atoms with van der Waals surface area (Å²) in [7, 11) is 0. The molecule has 0 atom stereocenters. The molecular formula is C13H16ClFN2O. The van der Waals surface area contributed by atoms with E-state index in [9.17, 15) is 9.18 Å². The van der Waals surface area contributed by atoms with Crippen molar-refractivity contribution in [2.45, 2.75) is 31.7 Å². The number of rotatable bonds is 4. The molecule has 2 N–H and O–H groups in total. The number of carbonyl (C=O) groups excluding carboxylic acids is 1. The zero-order valence-corrected chi connectivity index (χ0v) is 10.8. The van der Waals surface area contributed by atoms with Crippen molar-refractivity contribution in [1.29, 1.82) is 0 Å². The Morgan fingerprint density at radius 3 is 2.83 bits per heavy atom. The van der Waals surface area contributed by atoms with Crippen LogP contribution in [0.2, 0.25) is 5.02 Å². The Morgan fingerprint density at radius 2 is 2.11 bits per heavy atom. The number of hydrogen-bond acceptors (Lipinski definition) is 2. The lowest BCUT2D eigenvalue weighted by molar-refractivity contribution is -0.120. The molecular weight excluding hydrogens is 255 g/mol. The molecule has 18 heavy (non-hydrogen) atoms. The molecule has 5 heteroatoms. The summed E-state index contributed by atoms with van der Waals surface area (Å²) in [6.45, 7) is 0.0633. The number of carbonyl (C=O) groups is 1. The molecule has 2 rings (SSSR count). The molecule has 1 aromatic carbocycles. The van der Waals surface area contributed by atoms with Crippen LogP contribution in [0.15, 0.2) is 18.2 Å². The summed E-state index contributed by atoms with van der Waals surface area (Å²) >= 11 is 5.76. The molecule has 1 aromatic rings. The van der Waals surface area contributed by atoms with E-state index in [1.165, 1.54) is 31.0 Å². The third kappa shape index (κ3) is 3.60. The quantitative estimate of drug-likeness (QED) is 0.883. The van der Waals surface area contributed by atoms with Crippen LogP contribution in [0.3, 0.4) is 0 Å². The maximum atomic E-state index is 13.4. The number of hydrogen-bond donors (Lipinski definition) is 2. The van der Waals surface area contributed by atoms with Crippen molar-refractivity contribution in [3.63, 3.8) is 0 Å². The fourth-order valence-electron chi connectivity index (χ4n) is 2.16. The second-order valence-corrected chi connectivity index (χ2v) is 4.96. The molecule has 1 fully saturated rings. The molecule has 0 bridgehead atoms. The van der Waals surface area contributed by atoms with Crippen LogP contribution in [0.25, 0.3) is 0 Å². The SMILES string of the molecule is O=C(CNc1cc(Cl)ccc1F)NC1CCCC1. The number of anilines is 1. The Morgan fingerprint density at radius 1 is 1.39 bits per heavy atom. The van der Waals surface area contributed by atoms with Crippen LogP contribution in [0.4, 0.5) is 10.1 Å². The van der Waals surface area contributed by atoms with Gasteiger partial charge in [-0.2, -0.15) is 0 Å². The van der Waals surface area contributed by atoms with Crippen molar-refractivity contribution < 1.29 is 9.18 Å². The zero-order valence-electron chi connectivity index (χ0n) is 10.0. The molecule has 0 unspecified atom stereocenters. The smallest absolute Gasteiger partial charge is 0.239 e. The van der Waals surface area contributed by atoms with Gasteiger partial charge >= 0.3 is 0 Å². The summed E-state index contributed by atoms with van der Waals surface area (Å²) in [5.74, 6) is -0.519. The van der Waals surface area contributed by atoms with Crippen LogP contribution in [-0.4, -0.2) is 18.5 Å². The Bertz CT molecular complexity index is 433. The van der Waals surface area contributed by atoms with Gasteiger partial charge in [0.05, 0.1) is 12.2 Å². The van der Waals surface area contributed by atoms with Crippen LogP contribution < -0.4 is 10.6 Å². The van der Waals surface area contributed by atoms with E-state index in [1.807, 2.05) is 0 Å². The minimum absolute atomic E-state index is 0.0633. The summed E-state index contributed by atoms with van der Waals surface area (Å²) < 4.78 is 13.4. The van der Waals surface area contributed by atoms with E-state index in [1.54, 1.807) is 0 Å². The van der Waals surface area contributed by atoms with Crippen LogP contribution in [0.1, 0.15) is 25.7 Å². The summed E-state index contributed by atoms with van der Waals surface area (Å²) in [5.41, 5.74) is 0.254. The summed E-state index contributed by atoms with van der Waals surface area (Å²) in [6.07, 6.45) is 4.41. The third-order valence-corrected chi connectivity index (χ3v) is 3.32. The Labute approximate surface area is 111 Å². The number of benzene rings is 1. The predicted molar refractivity (Wildman–Crippen MR) is 70.3 cm³/mol. The predicted octanol–water partition coefficient (Wildman–Crippen LogP) is 2.95. The Balaban J connectivity index is 1.83. The van der Waals surface area contributed by atoms with Gasteiger partial charge in [0.15, 0.2) is 0 Å². The van der Waals surface area contributed by atoms with Crippen LogP contribution >= 0.6 is 11.6 Å². The highest BCUT2D eigenvalue weighted by atomic mass is 35.5. The van der Waals surface area contributed by atoms with Gasteiger partial charge in [-0.3, -0.25) is 4.79 Å². The summed E-state index contributed by atoms with van der Waals surface area (Å²) in [6, 6.07) is 4.50. The number of amides is 1. The van der Waals surface area contributed by atoms with Crippen molar-refractivity contribution in [3.05, 3.63) is 29.0 Å².